The summed E-state index contributed by atoms with van der Waals surface area (Å²) >= 11 is 0. The van der Waals surface area contributed by atoms with Gasteiger partial charge in [-0.3, -0.25) is 9.59 Å². The summed E-state index contributed by atoms with van der Waals surface area (Å²) in [7, 11) is 0. The molecule has 1 aliphatic heterocycles. The third-order valence-electron chi connectivity index (χ3n) is 2.44. The second-order valence-electron chi connectivity index (χ2n) is 3.99. The van der Waals surface area contributed by atoms with Crippen LogP contribution in [0.2, 0.25) is 0 Å². The van der Waals surface area contributed by atoms with Crippen LogP contribution in [0.4, 0.5) is 17.6 Å². The second kappa shape index (κ2) is 5.72. The highest BCUT2D eigenvalue weighted by Crippen LogP contribution is 2.25. The molecule has 0 unspecified atom stereocenters. The molecule has 0 aliphatic carbocycles. The Labute approximate surface area is 106 Å². The van der Waals surface area contributed by atoms with Gasteiger partial charge in [-0.1, -0.05) is 0 Å². The van der Waals surface area contributed by atoms with Crippen molar-refractivity contribution in [3.8, 4) is 0 Å². The molecule has 9 heteroatoms. The zero-order valence-electron chi connectivity index (χ0n) is 10.0. The molecule has 1 radical (unpaired) electrons. The molecule has 1 N–H and O–H groups in total. The number of carbonyl (C=O) groups is 2. The molecule has 1 amide bonds. The van der Waals surface area contributed by atoms with Crippen LogP contribution in [0.15, 0.2) is 0 Å². The fourth-order valence-electron chi connectivity index (χ4n) is 1.59. The van der Waals surface area contributed by atoms with Crippen LogP contribution in [-0.4, -0.2) is 42.5 Å². The first-order valence-electron chi connectivity index (χ1n) is 5.30. The van der Waals surface area contributed by atoms with Gasteiger partial charge in [-0.05, 0) is 6.92 Å². The lowest BCUT2D eigenvalue weighted by molar-refractivity contribution is -0.181. The van der Waals surface area contributed by atoms with Gasteiger partial charge in [0.2, 0.25) is 0 Å². The van der Waals surface area contributed by atoms with Crippen LogP contribution in [-0.2, 0) is 19.1 Å². The Morgan fingerprint density at radius 1 is 1.37 bits per heavy atom. The van der Waals surface area contributed by atoms with Gasteiger partial charge in [-0.2, -0.15) is 13.2 Å². The van der Waals surface area contributed by atoms with Crippen LogP contribution < -0.4 is 5.32 Å². The van der Waals surface area contributed by atoms with Crippen molar-refractivity contribution < 1.29 is 36.6 Å². The number of ether oxygens (including phenoxy) is 2. The minimum atomic E-state index is -5.15. The number of hydrogen-bond acceptors (Lipinski definition) is 4. The number of nitrogens with one attached hydrogen (secondary N) is 1. The Kier molecular flexibility index (Phi) is 4.72. The van der Waals surface area contributed by atoms with E-state index in [-0.39, 0.29) is 0 Å². The van der Waals surface area contributed by atoms with Gasteiger partial charge < -0.3 is 14.8 Å². The summed E-state index contributed by atoms with van der Waals surface area (Å²) in [6.07, 6.45) is -9.40. The minimum Gasteiger partial charge on any atom is -0.457 e. The maximum absolute atomic E-state index is 13.5. The molecule has 109 valence electrons. The lowest BCUT2D eigenvalue weighted by Gasteiger charge is -2.37. The van der Waals surface area contributed by atoms with Gasteiger partial charge in [-0.25, -0.2) is 4.39 Å². The van der Waals surface area contributed by atoms with Crippen molar-refractivity contribution in [2.24, 2.45) is 0 Å². The van der Waals surface area contributed by atoms with Gasteiger partial charge in [0.1, 0.15) is 12.6 Å². The maximum Gasteiger partial charge on any atom is 0.471 e. The summed E-state index contributed by atoms with van der Waals surface area (Å²) in [5, 5.41) is 1.47. The van der Waals surface area contributed by atoms with Crippen LogP contribution in [0.1, 0.15) is 13.8 Å². The van der Waals surface area contributed by atoms with Crippen LogP contribution in [0.3, 0.4) is 0 Å². The summed E-state index contributed by atoms with van der Waals surface area (Å²) in [6.45, 7) is 3.05. The normalized spacial score (nSPS) is 31.7. The number of halogens is 4. The Hall–Kier alpha value is -1.38. The van der Waals surface area contributed by atoms with Gasteiger partial charge in [0.05, 0.1) is 6.10 Å². The molecule has 1 fully saturated rings. The first-order chi connectivity index (χ1) is 8.62. The van der Waals surface area contributed by atoms with E-state index in [1.807, 2.05) is 0 Å². The quantitative estimate of drug-likeness (QED) is 0.604. The van der Waals surface area contributed by atoms with Crippen LogP contribution in [0.25, 0.3) is 0 Å². The topological polar surface area (TPSA) is 64.6 Å². The summed E-state index contributed by atoms with van der Waals surface area (Å²) < 4.78 is 59.4. The number of rotatable bonds is 2. The molecule has 1 rings (SSSR count). The first kappa shape index (κ1) is 15.7. The number of amides is 1. The number of hydrogen-bond donors (Lipinski definition) is 1. The zero-order valence-corrected chi connectivity index (χ0v) is 10.0. The molecule has 4 atom stereocenters. The molecular formula is C10H12F4NO4. The third-order valence-corrected chi connectivity index (χ3v) is 2.44. The van der Waals surface area contributed by atoms with E-state index in [4.69, 9.17) is 9.47 Å². The molecule has 19 heavy (non-hydrogen) atoms. The van der Waals surface area contributed by atoms with Crippen molar-refractivity contribution in [2.75, 3.05) is 0 Å². The molecule has 1 heterocycles. The maximum atomic E-state index is 13.5. The largest absolute Gasteiger partial charge is 0.471 e. The Bertz CT molecular complexity index is 360. The van der Waals surface area contributed by atoms with E-state index in [9.17, 15) is 27.2 Å². The summed E-state index contributed by atoms with van der Waals surface area (Å²) in [4.78, 5) is 21.7. The molecule has 0 aromatic carbocycles. The fourth-order valence-corrected chi connectivity index (χ4v) is 1.59. The van der Waals surface area contributed by atoms with Gasteiger partial charge in [-0.15, -0.1) is 0 Å². The number of alkyl halides is 4. The number of carbonyl (C=O) groups excluding carboxylic acids is 2. The summed E-state index contributed by atoms with van der Waals surface area (Å²) in [5.74, 6) is -3.12. The molecule has 5 nitrogen and oxygen atoms in total. The Morgan fingerprint density at radius 3 is 2.42 bits per heavy atom. The van der Waals surface area contributed by atoms with Crippen molar-refractivity contribution in [1.82, 2.24) is 5.32 Å². The van der Waals surface area contributed by atoms with E-state index >= 15 is 0 Å². The monoisotopic (exact) mass is 286 g/mol. The van der Waals surface area contributed by atoms with E-state index in [1.165, 1.54) is 12.2 Å². The van der Waals surface area contributed by atoms with Crippen LogP contribution in [0.5, 0.6) is 0 Å². The Morgan fingerprint density at radius 2 is 1.95 bits per heavy atom. The molecule has 1 aliphatic rings. The van der Waals surface area contributed by atoms with Crippen molar-refractivity contribution in [3.63, 3.8) is 0 Å². The van der Waals surface area contributed by atoms with Crippen LogP contribution >= 0.6 is 0 Å². The highest BCUT2D eigenvalue weighted by molar-refractivity contribution is 5.82. The molecule has 0 bridgehead atoms. The van der Waals surface area contributed by atoms with E-state index in [0.717, 1.165) is 6.92 Å². The van der Waals surface area contributed by atoms with Crippen molar-refractivity contribution in [3.05, 3.63) is 6.61 Å². The second-order valence-corrected chi connectivity index (χ2v) is 3.99. The average Bonchev–Trinajstić information content (AvgIpc) is 2.26. The molecule has 0 spiro atoms. The smallest absolute Gasteiger partial charge is 0.457 e. The van der Waals surface area contributed by atoms with Crippen LogP contribution in [0, 0.1) is 6.61 Å². The predicted octanol–water partition coefficient (Wildman–Crippen LogP) is 0.884. The zero-order chi connectivity index (χ0) is 14.8. The standard InChI is InChI=1S/C10H12F4NO4/c1-4-8(19-5(2)16)7(6(11)3-18-4)15-9(17)10(12,13)14/h3-4,6-8H,1-2H3,(H,15,17)/t4-,6-,7-,8+/m0/s1. The van der Waals surface area contributed by atoms with E-state index in [0.29, 0.717) is 6.61 Å². The van der Waals surface area contributed by atoms with E-state index in [2.05, 4.69) is 0 Å². The molecule has 0 aromatic heterocycles. The summed E-state index contributed by atoms with van der Waals surface area (Å²) in [5.41, 5.74) is 0. The third kappa shape index (κ3) is 4.05. The first-order valence-corrected chi connectivity index (χ1v) is 5.30. The van der Waals surface area contributed by atoms with Gasteiger partial charge >= 0.3 is 18.1 Å². The SMILES string of the molecule is CC(=O)O[C@H]1[C@@H](NC(=O)C(F)(F)F)[C@@H](F)[CH]O[C@H]1C. The lowest BCUT2D eigenvalue weighted by Crippen LogP contribution is -2.60. The van der Waals surface area contributed by atoms with E-state index < -0.39 is 42.5 Å². The van der Waals surface area contributed by atoms with Crippen molar-refractivity contribution >= 4 is 11.9 Å². The molecule has 0 saturated carbocycles. The van der Waals surface area contributed by atoms with Gasteiger partial charge in [0, 0.05) is 6.92 Å². The van der Waals surface area contributed by atoms with Gasteiger partial charge in [0.25, 0.3) is 0 Å². The highest BCUT2D eigenvalue weighted by Gasteiger charge is 2.47. The predicted molar refractivity (Wildman–Crippen MR) is 53.3 cm³/mol. The summed E-state index contributed by atoms with van der Waals surface area (Å²) in [6, 6.07) is -1.65. The van der Waals surface area contributed by atoms with Crippen molar-refractivity contribution in [1.29, 1.82) is 0 Å². The number of esters is 1. The van der Waals surface area contributed by atoms with E-state index in [1.54, 1.807) is 0 Å². The Balaban J connectivity index is 2.84. The molecule has 1 saturated heterocycles. The van der Waals surface area contributed by atoms with Gasteiger partial charge in [0.15, 0.2) is 12.3 Å². The molecule has 0 aromatic rings. The fraction of sp³-hybridized carbons (Fsp3) is 0.700. The lowest BCUT2D eigenvalue weighted by atomic mass is 9.98. The van der Waals surface area contributed by atoms with Crippen molar-refractivity contribution in [2.45, 2.75) is 44.4 Å². The molecular weight excluding hydrogens is 274 g/mol. The highest BCUT2D eigenvalue weighted by atomic mass is 19.4. The average molecular weight is 286 g/mol. The minimum absolute atomic E-state index is 0.659.